The summed E-state index contributed by atoms with van der Waals surface area (Å²) in [6.45, 7) is 5.34. The maximum absolute atomic E-state index is 5.67. The van der Waals surface area contributed by atoms with E-state index in [1.807, 2.05) is 6.07 Å². The first kappa shape index (κ1) is 11.2. The molecule has 4 heteroatoms. The number of nitrogens with zero attached hydrogens (tertiary/aromatic N) is 2. The van der Waals surface area contributed by atoms with Crippen molar-refractivity contribution in [1.82, 2.24) is 9.97 Å². The van der Waals surface area contributed by atoms with Gasteiger partial charge in [-0.2, -0.15) is 0 Å². The van der Waals surface area contributed by atoms with Gasteiger partial charge in [0.15, 0.2) is 0 Å². The number of hydrogen-bond acceptors (Lipinski definition) is 3. The minimum atomic E-state index is 0.291. The van der Waals surface area contributed by atoms with E-state index in [-0.39, 0.29) is 0 Å². The van der Waals surface area contributed by atoms with Crippen LogP contribution in [0, 0.1) is 5.92 Å². The Morgan fingerprint density at radius 2 is 2.14 bits per heavy atom. The third-order valence-electron chi connectivity index (χ3n) is 2.35. The van der Waals surface area contributed by atoms with Gasteiger partial charge in [-0.05, 0) is 23.6 Å². The lowest BCUT2D eigenvalue weighted by atomic mass is 10.0. The molecule has 0 aliphatic rings. The number of rotatable bonds is 5. The summed E-state index contributed by atoms with van der Waals surface area (Å²) >= 11 is 5.67. The summed E-state index contributed by atoms with van der Waals surface area (Å²) in [6, 6.07) is 1.83. The van der Waals surface area contributed by atoms with Gasteiger partial charge in [-0.1, -0.05) is 26.7 Å². The largest absolute Gasteiger partial charge is 0.370 e. The fraction of sp³-hybridized carbons (Fsp3) is 0.600. The maximum Gasteiger partial charge on any atom is 0.224 e. The molecule has 1 rings (SSSR count). The molecule has 0 aliphatic heterocycles. The van der Waals surface area contributed by atoms with Crippen LogP contribution in [0.3, 0.4) is 0 Å². The van der Waals surface area contributed by atoms with Crippen LogP contribution in [0.15, 0.2) is 12.3 Å². The first-order valence-electron chi connectivity index (χ1n) is 4.98. The van der Waals surface area contributed by atoms with Crippen LogP contribution in [-0.2, 0) is 0 Å². The van der Waals surface area contributed by atoms with Gasteiger partial charge in [0.2, 0.25) is 5.28 Å². The number of halogens is 1. The SMILES string of the molecule is CCC(CC)CNc1ccnc(Cl)n1. The van der Waals surface area contributed by atoms with E-state index in [0.29, 0.717) is 11.2 Å². The quantitative estimate of drug-likeness (QED) is 0.765. The molecule has 0 fully saturated rings. The van der Waals surface area contributed by atoms with Crippen molar-refractivity contribution in [3.05, 3.63) is 17.5 Å². The molecule has 0 aromatic carbocycles. The Morgan fingerprint density at radius 3 is 2.71 bits per heavy atom. The van der Waals surface area contributed by atoms with Gasteiger partial charge in [-0.15, -0.1) is 0 Å². The first-order chi connectivity index (χ1) is 6.76. The smallest absolute Gasteiger partial charge is 0.224 e. The van der Waals surface area contributed by atoms with E-state index in [2.05, 4.69) is 29.1 Å². The molecule has 0 amide bonds. The van der Waals surface area contributed by atoms with Crippen molar-refractivity contribution >= 4 is 17.4 Å². The van der Waals surface area contributed by atoms with Gasteiger partial charge < -0.3 is 5.32 Å². The molecule has 0 saturated carbocycles. The molecule has 0 radical (unpaired) electrons. The summed E-state index contributed by atoms with van der Waals surface area (Å²) < 4.78 is 0. The van der Waals surface area contributed by atoms with Crippen molar-refractivity contribution in [3.63, 3.8) is 0 Å². The molecular weight excluding hydrogens is 198 g/mol. The zero-order valence-corrected chi connectivity index (χ0v) is 9.38. The fourth-order valence-corrected chi connectivity index (χ4v) is 1.41. The highest BCUT2D eigenvalue weighted by Gasteiger charge is 2.03. The van der Waals surface area contributed by atoms with Gasteiger partial charge in [0.25, 0.3) is 0 Å². The molecule has 0 aliphatic carbocycles. The predicted molar refractivity (Wildman–Crippen MR) is 59.6 cm³/mol. The molecule has 0 atom stereocenters. The van der Waals surface area contributed by atoms with Crippen molar-refractivity contribution < 1.29 is 0 Å². The molecule has 0 spiro atoms. The van der Waals surface area contributed by atoms with E-state index >= 15 is 0 Å². The van der Waals surface area contributed by atoms with Crippen LogP contribution in [0.5, 0.6) is 0 Å². The summed E-state index contributed by atoms with van der Waals surface area (Å²) in [5, 5.41) is 3.54. The van der Waals surface area contributed by atoms with Crippen molar-refractivity contribution in [2.45, 2.75) is 26.7 Å². The Kier molecular flexibility index (Phi) is 4.66. The van der Waals surface area contributed by atoms with E-state index in [1.54, 1.807) is 6.20 Å². The Hall–Kier alpha value is -0.830. The summed E-state index contributed by atoms with van der Waals surface area (Å²) in [5.41, 5.74) is 0. The normalized spacial score (nSPS) is 10.6. The van der Waals surface area contributed by atoms with E-state index in [1.165, 1.54) is 12.8 Å². The molecule has 1 heterocycles. The molecule has 1 aromatic rings. The highest BCUT2D eigenvalue weighted by Crippen LogP contribution is 2.10. The van der Waals surface area contributed by atoms with E-state index in [0.717, 1.165) is 12.4 Å². The van der Waals surface area contributed by atoms with Crippen molar-refractivity contribution in [2.75, 3.05) is 11.9 Å². The summed E-state index contributed by atoms with van der Waals surface area (Å²) in [4.78, 5) is 7.88. The molecule has 0 bridgehead atoms. The summed E-state index contributed by atoms with van der Waals surface area (Å²) in [5.74, 6) is 1.50. The van der Waals surface area contributed by atoms with Crippen LogP contribution < -0.4 is 5.32 Å². The minimum absolute atomic E-state index is 0.291. The second kappa shape index (κ2) is 5.81. The number of nitrogens with one attached hydrogen (secondary N) is 1. The minimum Gasteiger partial charge on any atom is -0.370 e. The number of anilines is 1. The third kappa shape index (κ3) is 3.50. The maximum atomic E-state index is 5.67. The van der Waals surface area contributed by atoms with Crippen molar-refractivity contribution in [2.24, 2.45) is 5.92 Å². The highest BCUT2D eigenvalue weighted by atomic mass is 35.5. The Labute approximate surface area is 89.9 Å². The van der Waals surface area contributed by atoms with E-state index in [9.17, 15) is 0 Å². The summed E-state index contributed by atoms with van der Waals surface area (Å²) in [6.07, 6.45) is 4.02. The average molecular weight is 214 g/mol. The van der Waals surface area contributed by atoms with Gasteiger partial charge in [0.05, 0.1) is 0 Å². The van der Waals surface area contributed by atoms with Crippen LogP contribution in [0.1, 0.15) is 26.7 Å². The second-order valence-corrected chi connectivity index (χ2v) is 3.61. The van der Waals surface area contributed by atoms with Gasteiger partial charge in [-0.25, -0.2) is 9.97 Å². The van der Waals surface area contributed by atoms with Gasteiger partial charge in [0.1, 0.15) is 5.82 Å². The molecule has 1 N–H and O–H groups in total. The zero-order chi connectivity index (χ0) is 10.4. The van der Waals surface area contributed by atoms with Crippen LogP contribution >= 0.6 is 11.6 Å². The molecule has 0 unspecified atom stereocenters. The molecule has 14 heavy (non-hydrogen) atoms. The third-order valence-corrected chi connectivity index (χ3v) is 2.53. The predicted octanol–water partition coefficient (Wildman–Crippen LogP) is 2.98. The van der Waals surface area contributed by atoms with Crippen LogP contribution in [0.2, 0.25) is 5.28 Å². The lowest BCUT2D eigenvalue weighted by Gasteiger charge is -2.13. The Morgan fingerprint density at radius 1 is 1.43 bits per heavy atom. The first-order valence-corrected chi connectivity index (χ1v) is 5.36. The lowest BCUT2D eigenvalue weighted by molar-refractivity contribution is 0.518. The van der Waals surface area contributed by atoms with Gasteiger partial charge >= 0.3 is 0 Å². The molecule has 0 saturated heterocycles. The van der Waals surface area contributed by atoms with Crippen LogP contribution in [0.4, 0.5) is 5.82 Å². The Balaban J connectivity index is 2.44. The zero-order valence-electron chi connectivity index (χ0n) is 8.63. The molecule has 1 aromatic heterocycles. The Bertz CT molecular complexity index is 274. The van der Waals surface area contributed by atoms with E-state index < -0.39 is 0 Å². The standard InChI is InChI=1S/C10H16ClN3/c1-3-8(4-2)7-13-9-5-6-12-10(11)14-9/h5-6,8H,3-4,7H2,1-2H3,(H,12,13,14). The monoisotopic (exact) mass is 213 g/mol. The topological polar surface area (TPSA) is 37.8 Å². The van der Waals surface area contributed by atoms with Crippen LogP contribution in [0.25, 0.3) is 0 Å². The number of hydrogen-bond donors (Lipinski definition) is 1. The highest BCUT2D eigenvalue weighted by molar-refractivity contribution is 6.28. The number of aromatic nitrogens is 2. The van der Waals surface area contributed by atoms with Gasteiger partial charge in [0, 0.05) is 12.7 Å². The lowest BCUT2D eigenvalue weighted by Crippen LogP contribution is -2.13. The van der Waals surface area contributed by atoms with Crippen molar-refractivity contribution in [1.29, 1.82) is 0 Å². The van der Waals surface area contributed by atoms with E-state index in [4.69, 9.17) is 11.6 Å². The average Bonchev–Trinajstić information content (AvgIpc) is 2.19. The molecule has 78 valence electrons. The molecular formula is C10H16ClN3. The van der Waals surface area contributed by atoms with Gasteiger partial charge in [-0.3, -0.25) is 0 Å². The fourth-order valence-electron chi connectivity index (χ4n) is 1.26. The summed E-state index contributed by atoms with van der Waals surface area (Å²) in [7, 11) is 0. The van der Waals surface area contributed by atoms with Crippen molar-refractivity contribution in [3.8, 4) is 0 Å². The second-order valence-electron chi connectivity index (χ2n) is 3.27. The molecule has 3 nitrogen and oxygen atoms in total. The van der Waals surface area contributed by atoms with Crippen LogP contribution in [-0.4, -0.2) is 16.5 Å².